The van der Waals surface area contributed by atoms with Gasteiger partial charge in [0.1, 0.15) is 0 Å². The molecule has 0 aliphatic carbocycles. The summed E-state index contributed by atoms with van der Waals surface area (Å²) in [6.45, 7) is 1.69. The number of halogens is 1. The molecular weight excluding hydrogens is 299 g/mol. The van der Waals surface area contributed by atoms with Crippen molar-refractivity contribution in [2.24, 2.45) is 0 Å². The Labute approximate surface area is 133 Å². The molecule has 0 aliphatic heterocycles. The molecule has 2 rings (SSSR count). The number of amides is 2. The van der Waals surface area contributed by atoms with Gasteiger partial charge in [-0.15, -0.1) is 0 Å². The average Bonchev–Trinajstić information content (AvgIpc) is 2.52. The zero-order valence-electron chi connectivity index (χ0n) is 12.9. The van der Waals surface area contributed by atoms with Gasteiger partial charge in [-0.2, -0.15) is 0 Å². The zero-order chi connectivity index (χ0) is 16.8. The van der Waals surface area contributed by atoms with Crippen LogP contribution in [0, 0.1) is 5.82 Å². The summed E-state index contributed by atoms with van der Waals surface area (Å²) in [5, 5.41) is 5.37. The predicted octanol–water partition coefficient (Wildman–Crippen LogP) is 2.72. The van der Waals surface area contributed by atoms with Crippen LogP contribution in [-0.2, 0) is 11.3 Å². The van der Waals surface area contributed by atoms with Gasteiger partial charge in [-0.1, -0.05) is 12.1 Å². The minimum Gasteiger partial charge on any atom is -0.494 e. The third-order valence-electron chi connectivity index (χ3n) is 3.11. The fourth-order valence-corrected chi connectivity index (χ4v) is 2.05. The lowest BCUT2D eigenvalue weighted by molar-refractivity contribution is -0.114. The first kappa shape index (κ1) is 16.5. The minimum absolute atomic E-state index is 0.0876. The maximum Gasteiger partial charge on any atom is 0.251 e. The van der Waals surface area contributed by atoms with Crippen molar-refractivity contribution in [3.8, 4) is 5.75 Å². The molecule has 0 spiro atoms. The van der Waals surface area contributed by atoms with Crippen molar-refractivity contribution in [2.75, 3.05) is 12.4 Å². The third kappa shape index (κ3) is 4.54. The number of nitrogens with one attached hydrogen (secondary N) is 2. The molecule has 0 unspecified atom stereocenters. The van der Waals surface area contributed by atoms with E-state index in [9.17, 15) is 14.0 Å². The van der Waals surface area contributed by atoms with Gasteiger partial charge in [0.15, 0.2) is 11.6 Å². The minimum atomic E-state index is -0.590. The Kier molecular flexibility index (Phi) is 5.30. The molecule has 0 radical (unpaired) electrons. The normalized spacial score (nSPS) is 10.0. The second-order valence-electron chi connectivity index (χ2n) is 4.91. The number of methoxy groups -OCH3 is 1. The second kappa shape index (κ2) is 7.40. The molecule has 5 nitrogen and oxygen atoms in total. The predicted molar refractivity (Wildman–Crippen MR) is 84.9 cm³/mol. The van der Waals surface area contributed by atoms with Gasteiger partial charge in [0.25, 0.3) is 5.91 Å². The molecule has 2 aromatic rings. The van der Waals surface area contributed by atoms with E-state index in [1.165, 1.54) is 26.2 Å². The summed E-state index contributed by atoms with van der Waals surface area (Å²) >= 11 is 0. The van der Waals surface area contributed by atoms with Crippen LogP contribution in [0.1, 0.15) is 22.8 Å². The molecule has 0 aliphatic rings. The highest BCUT2D eigenvalue weighted by Gasteiger charge is 2.10. The lowest BCUT2D eigenvalue weighted by Gasteiger charge is -2.09. The molecule has 0 saturated carbocycles. The van der Waals surface area contributed by atoms with Gasteiger partial charge in [0.05, 0.1) is 7.11 Å². The van der Waals surface area contributed by atoms with Crippen molar-refractivity contribution >= 4 is 17.5 Å². The van der Waals surface area contributed by atoms with Crippen LogP contribution in [0.25, 0.3) is 0 Å². The van der Waals surface area contributed by atoms with E-state index in [2.05, 4.69) is 10.6 Å². The molecule has 6 heteroatoms. The SMILES string of the molecule is COc1ccc(C(=O)NCc2cccc(NC(C)=O)c2)cc1F. The topological polar surface area (TPSA) is 67.4 Å². The molecule has 2 N–H and O–H groups in total. The summed E-state index contributed by atoms with van der Waals surface area (Å²) in [5.41, 5.74) is 1.68. The van der Waals surface area contributed by atoms with Crippen LogP contribution in [0.3, 0.4) is 0 Å². The quantitative estimate of drug-likeness (QED) is 0.891. The lowest BCUT2D eigenvalue weighted by Crippen LogP contribution is -2.23. The molecule has 0 saturated heterocycles. The Morgan fingerprint density at radius 3 is 2.61 bits per heavy atom. The maximum atomic E-state index is 13.6. The molecule has 0 atom stereocenters. The van der Waals surface area contributed by atoms with Crippen molar-refractivity contribution in [1.82, 2.24) is 5.32 Å². The van der Waals surface area contributed by atoms with Crippen molar-refractivity contribution in [1.29, 1.82) is 0 Å². The average molecular weight is 316 g/mol. The monoisotopic (exact) mass is 316 g/mol. The van der Waals surface area contributed by atoms with Gasteiger partial charge in [-0.25, -0.2) is 4.39 Å². The first-order valence-corrected chi connectivity index (χ1v) is 6.98. The first-order chi connectivity index (χ1) is 11.0. The zero-order valence-corrected chi connectivity index (χ0v) is 12.9. The van der Waals surface area contributed by atoms with Crippen molar-refractivity contribution < 1.29 is 18.7 Å². The Morgan fingerprint density at radius 2 is 1.96 bits per heavy atom. The molecular formula is C17H17FN2O3. The molecule has 120 valence electrons. The van der Waals surface area contributed by atoms with Gasteiger partial charge in [0.2, 0.25) is 5.91 Å². The van der Waals surface area contributed by atoms with Gasteiger partial charge in [-0.05, 0) is 35.9 Å². The summed E-state index contributed by atoms with van der Waals surface area (Å²) in [6, 6.07) is 11.1. The number of anilines is 1. The molecule has 23 heavy (non-hydrogen) atoms. The van der Waals surface area contributed by atoms with E-state index in [0.717, 1.165) is 11.6 Å². The highest BCUT2D eigenvalue weighted by Crippen LogP contribution is 2.17. The van der Waals surface area contributed by atoms with E-state index in [-0.39, 0.29) is 23.8 Å². The van der Waals surface area contributed by atoms with Crippen LogP contribution < -0.4 is 15.4 Å². The van der Waals surface area contributed by atoms with Crippen LogP contribution >= 0.6 is 0 Å². The summed E-state index contributed by atoms with van der Waals surface area (Å²) in [7, 11) is 1.36. The molecule has 0 fully saturated rings. The Bertz CT molecular complexity index is 732. The van der Waals surface area contributed by atoms with Crippen molar-refractivity contribution in [3.63, 3.8) is 0 Å². The standard InChI is InChI=1S/C17H17FN2O3/c1-11(21)20-14-5-3-4-12(8-14)10-19-17(22)13-6-7-16(23-2)15(18)9-13/h3-9H,10H2,1-2H3,(H,19,22)(H,20,21). The lowest BCUT2D eigenvalue weighted by atomic mass is 10.1. The van der Waals surface area contributed by atoms with Crippen LogP contribution in [0.5, 0.6) is 5.75 Å². The highest BCUT2D eigenvalue weighted by atomic mass is 19.1. The number of hydrogen-bond acceptors (Lipinski definition) is 3. The summed E-state index contributed by atoms with van der Waals surface area (Å²) in [5.74, 6) is -1.06. The van der Waals surface area contributed by atoms with E-state index in [4.69, 9.17) is 4.74 Å². The van der Waals surface area contributed by atoms with E-state index < -0.39 is 11.7 Å². The highest BCUT2D eigenvalue weighted by molar-refractivity contribution is 5.94. The number of benzene rings is 2. The van der Waals surface area contributed by atoms with Gasteiger partial charge in [-0.3, -0.25) is 9.59 Å². The maximum absolute atomic E-state index is 13.6. The molecule has 0 heterocycles. The Morgan fingerprint density at radius 1 is 1.17 bits per heavy atom. The van der Waals surface area contributed by atoms with Crippen LogP contribution in [0.15, 0.2) is 42.5 Å². The summed E-state index contributed by atoms with van der Waals surface area (Å²) in [4.78, 5) is 23.1. The van der Waals surface area contributed by atoms with Gasteiger partial charge >= 0.3 is 0 Å². The number of carbonyl (C=O) groups is 2. The van der Waals surface area contributed by atoms with Gasteiger partial charge in [0, 0.05) is 24.7 Å². The number of ether oxygens (including phenoxy) is 1. The Hall–Kier alpha value is -2.89. The van der Waals surface area contributed by atoms with E-state index in [1.807, 2.05) is 6.07 Å². The van der Waals surface area contributed by atoms with Crippen LogP contribution in [-0.4, -0.2) is 18.9 Å². The van der Waals surface area contributed by atoms with Crippen LogP contribution in [0.2, 0.25) is 0 Å². The summed E-state index contributed by atoms with van der Waals surface area (Å²) in [6.07, 6.45) is 0. The summed E-state index contributed by atoms with van der Waals surface area (Å²) < 4.78 is 18.4. The van der Waals surface area contributed by atoms with Crippen molar-refractivity contribution in [2.45, 2.75) is 13.5 Å². The van der Waals surface area contributed by atoms with E-state index >= 15 is 0 Å². The smallest absolute Gasteiger partial charge is 0.251 e. The molecule has 0 bridgehead atoms. The number of rotatable bonds is 5. The van der Waals surface area contributed by atoms with Crippen LogP contribution in [0.4, 0.5) is 10.1 Å². The molecule has 0 aromatic heterocycles. The Balaban J connectivity index is 2.01. The molecule has 2 amide bonds. The largest absolute Gasteiger partial charge is 0.494 e. The fourth-order valence-electron chi connectivity index (χ4n) is 2.05. The number of carbonyl (C=O) groups excluding carboxylic acids is 2. The van der Waals surface area contributed by atoms with E-state index in [0.29, 0.717) is 5.69 Å². The van der Waals surface area contributed by atoms with Crippen molar-refractivity contribution in [3.05, 3.63) is 59.4 Å². The number of hydrogen-bond donors (Lipinski definition) is 2. The fraction of sp³-hybridized carbons (Fsp3) is 0.176. The third-order valence-corrected chi connectivity index (χ3v) is 3.11. The molecule has 2 aromatic carbocycles. The first-order valence-electron chi connectivity index (χ1n) is 6.98. The second-order valence-corrected chi connectivity index (χ2v) is 4.91. The van der Waals surface area contributed by atoms with E-state index in [1.54, 1.807) is 18.2 Å². The van der Waals surface area contributed by atoms with Gasteiger partial charge < -0.3 is 15.4 Å².